The third-order valence-corrected chi connectivity index (χ3v) is 4.05. The summed E-state index contributed by atoms with van der Waals surface area (Å²) in [7, 11) is 0. The van der Waals surface area contributed by atoms with Crippen LogP contribution >= 0.6 is 0 Å². The molecule has 0 spiro atoms. The summed E-state index contributed by atoms with van der Waals surface area (Å²) < 4.78 is 0. The highest BCUT2D eigenvalue weighted by molar-refractivity contribution is 4.81. The Labute approximate surface area is 82.5 Å². The lowest BCUT2D eigenvalue weighted by Gasteiger charge is -2.34. The van der Waals surface area contributed by atoms with E-state index in [2.05, 4.69) is 11.8 Å². The largest absolute Gasteiger partial charge is 0.300 e. The molecule has 2 aliphatic rings. The van der Waals surface area contributed by atoms with Crippen LogP contribution in [0.3, 0.4) is 0 Å². The molecule has 0 amide bonds. The van der Waals surface area contributed by atoms with Crippen molar-refractivity contribution in [3.05, 3.63) is 0 Å². The van der Waals surface area contributed by atoms with Crippen molar-refractivity contribution in [1.82, 2.24) is 4.90 Å². The minimum atomic E-state index is 0.963. The Hall–Kier alpha value is -0.0400. The van der Waals surface area contributed by atoms with Gasteiger partial charge in [0.05, 0.1) is 0 Å². The monoisotopic (exact) mass is 181 g/mol. The molecule has 2 rings (SSSR count). The van der Waals surface area contributed by atoms with Crippen LogP contribution in [0, 0.1) is 5.92 Å². The average molecular weight is 181 g/mol. The maximum atomic E-state index is 2.74. The van der Waals surface area contributed by atoms with Crippen LogP contribution in [0.2, 0.25) is 0 Å². The van der Waals surface area contributed by atoms with E-state index in [4.69, 9.17) is 0 Å². The minimum absolute atomic E-state index is 0.963. The zero-order valence-corrected chi connectivity index (χ0v) is 8.97. The van der Waals surface area contributed by atoms with Crippen molar-refractivity contribution in [2.45, 2.75) is 57.9 Å². The second-order valence-electron chi connectivity index (χ2n) is 4.83. The molecular weight excluding hydrogens is 158 g/mol. The fourth-order valence-electron chi connectivity index (χ4n) is 3.02. The van der Waals surface area contributed by atoms with Crippen LogP contribution in [0.4, 0.5) is 0 Å². The Kier molecular flexibility index (Phi) is 3.26. The SMILES string of the molecule is CCC1CCC(N2CCCC2)CC1. The molecule has 0 aromatic carbocycles. The number of likely N-dealkylation sites (tertiary alicyclic amines) is 1. The first-order chi connectivity index (χ1) is 6.40. The van der Waals surface area contributed by atoms with Gasteiger partial charge in [0.15, 0.2) is 0 Å². The van der Waals surface area contributed by atoms with Crippen molar-refractivity contribution in [2.75, 3.05) is 13.1 Å². The maximum Gasteiger partial charge on any atom is 0.00954 e. The standard InChI is InChI=1S/C12H23N/c1-2-11-5-7-12(8-6-11)13-9-3-4-10-13/h11-12H,2-10H2,1H3. The smallest absolute Gasteiger partial charge is 0.00954 e. The van der Waals surface area contributed by atoms with Gasteiger partial charge in [0.2, 0.25) is 0 Å². The number of rotatable bonds is 2. The summed E-state index contributed by atoms with van der Waals surface area (Å²) in [4.78, 5) is 2.74. The van der Waals surface area contributed by atoms with Gasteiger partial charge in [0, 0.05) is 6.04 Å². The molecule has 0 aromatic heterocycles. The van der Waals surface area contributed by atoms with Crippen molar-refractivity contribution in [1.29, 1.82) is 0 Å². The van der Waals surface area contributed by atoms with E-state index in [0.29, 0.717) is 0 Å². The zero-order chi connectivity index (χ0) is 9.10. The molecule has 1 heteroatoms. The van der Waals surface area contributed by atoms with E-state index in [1.54, 1.807) is 0 Å². The first kappa shape index (κ1) is 9.51. The van der Waals surface area contributed by atoms with E-state index in [1.165, 1.54) is 58.0 Å². The highest BCUT2D eigenvalue weighted by Crippen LogP contribution is 2.30. The van der Waals surface area contributed by atoms with Crippen molar-refractivity contribution >= 4 is 0 Å². The molecule has 1 aliphatic carbocycles. The normalized spacial score (nSPS) is 36.7. The van der Waals surface area contributed by atoms with Gasteiger partial charge in [0.1, 0.15) is 0 Å². The Morgan fingerprint density at radius 2 is 1.62 bits per heavy atom. The van der Waals surface area contributed by atoms with Gasteiger partial charge in [-0.3, -0.25) is 0 Å². The van der Waals surface area contributed by atoms with E-state index >= 15 is 0 Å². The Morgan fingerprint density at radius 3 is 2.15 bits per heavy atom. The molecule has 2 fully saturated rings. The average Bonchev–Trinajstić information content (AvgIpc) is 2.71. The van der Waals surface area contributed by atoms with Crippen molar-refractivity contribution in [2.24, 2.45) is 5.92 Å². The van der Waals surface area contributed by atoms with E-state index in [-0.39, 0.29) is 0 Å². The lowest BCUT2D eigenvalue weighted by atomic mass is 9.84. The second-order valence-corrected chi connectivity index (χ2v) is 4.83. The quantitative estimate of drug-likeness (QED) is 0.633. The summed E-state index contributed by atoms with van der Waals surface area (Å²) in [6.07, 6.45) is 10.3. The van der Waals surface area contributed by atoms with Gasteiger partial charge in [0.25, 0.3) is 0 Å². The van der Waals surface area contributed by atoms with Crippen molar-refractivity contribution < 1.29 is 0 Å². The summed E-state index contributed by atoms with van der Waals surface area (Å²) in [6.45, 7) is 5.13. The summed E-state index contributed by atoms with van der Waals surface area (Å²) >= 11 is 0. The summed E-state index contributed by atoms with van der Waals surface area (Å²) in [5.41, 5.74) is 0. The summed E-state index contributed by atoms with van der Waals surface area (Å²) in [5.74, 6) is 1.05. The van der Waals surface area contributed by atoms with E-state index in [9.17, 15) is 0 Å². The molecular formula is C12H23N. The molecule has 1 saturated carbocycles. The second kappa shape index (κ2) is 4.45. The van der Waals surface area contributed by atoms with E-state index in [0.717, 1.165) is 12.0 Å². The Balaban J connectivity index is 1.77. The van der Waals surface area contributed by atoms with Crippen LogP contribution in [0.25, 0.3) is 0 Å². The maximum absolute atomic E-state index is 2.74. The van der Waals surface area contributed by atoms with E-state index < -0.39 is 0 Å². The first-order valence-corrected chi connectivity index (χ1v) is 6.14. The molecule has 0 N–H and O–H groups in total. The summed E-state index contributed by atoms with van der Waals surface area (Å²) in [5, 5.41) is 0. The van der Waals surface area contributed by atoms with Gasteiger partial charge in [-0.2, -0.15) is 0 Å². The Morgan fingerprint density at radius 1 is 1.00 bits per heavy atom. The van der Waals surface area contributed by atoms with Gasteiger partial charge in [-0.15, -0.1) is 0 Å². The lowest BCUT2D eigenvalue weighted by molar-refractivity contribution is 0.163. The van der Waals surface area contributed by atoms with Gasteiger partial charge in [-0.05, 0) is 57.5 Å². The third-order valence-electron chi connectivity index (χ3n) is 4.05. The summed E-state index contributed by atoms with van der Waals surface area (Å²) in [6, 6.07) is 0.963. The molecule has 1 saturated heterocycles. The molecule has 13 heavy (non-hydrogen) atoms. The van der Waals surface area contributed by atoms with Gasteiger partial charge >= 0.3 is 0 Å². The van der Waals surface area contributed by atoms with Crippen LogP contribution in [0.15, 0.2) is 0 Å². The first-order valence-electron chi connectivity index (χ1n) is 6.14. The fraction of sp³-hybridized carbons (Fsp3) is 1.00. The topological polar surface area (TPSA) is 3.24 Å². The van der Waals surface area contributed by atoms with Gasteiger partial charge in [-0.25, -0.2) is 0 Å². The molecule has 1 aliphatic heterocycles. The van der Waals surface area contributed by atoms with Crippen LogP contribution in [-0.2, 0) is 0 Å². The molecule has 0 radical (unpaired) electrons. The highest BCUT2D eigenvalue weighted by atomic mass is 15.2. The molecule has 1 nitrogen and oxygen atoms in total. The zero-order valence-electron chi connectivity index (χ0n) is 8.97. The predicted octanol–water partition coefficient (Wildman–Crippen LogP) is 3.05. The van der Waals surface area contributed by atoms with Crippen LogP contribution in [0.5, 0.6) is 0 Å². The Bertz CT molecular complexity index is 141. The molecule has 0 atom stereocenters. The molecule has 0 bridgehead atoms. The van der Waals surface area contributed by atoms with Crippen LogP contribution < -0.4 is 0 Å². The number of nitrogens with zero attached hydrogens (tertiary/aromatic N) is 1. The predicted molar refractivity (Wildman–Crippen MR) is 56.8 cm³/mol. The fourth-order valence-corrected chi connectivity index (χ4v) is 3.02. The molecule has 76 valence electrons. The molecule has 0 unspecified atom stereocenters. The molecule has 0 aromatic rings. The highest BCUT2D eigenvalue weighted by Gasteiger charge is 2.26. The van der Waals surface area contributed by atoms with Gasteiger partial charge < -0.3 is 4.90 Å². The third kappa shape index (κ3) is 2.25. The number of hydrogen-bond donors (Lipinski definition) is 0. The van der Waals surface area contributed by atoms with Gasteiger partial charge in [-0.1, -0.05) is 13.3 Å². The lowest BCUT2D eigenvalue weighted by Crippen LogP contribution is -2.35. The van der Waals surface area contributed by atoms with E-state index in [1.807, 2.05) is 0 Å². The number of hydrogen-bond acceptors (Lipinski definition) is 1. The van der Waals surface area contributed by atoms with Crippen LogP contribution in [0.1, 0.15) is 51.9 Å². The minimum Gasteiger partial charge on any atom is -0.300 e. The van der Waals surface area contributed by atoms with Crippen molar-refractivity contribution in [3.8, 4) is 0 Å². The van der Waals surface area contributed by atoms with Crippen LogP contribution in [-0.4, -0.2) is 24.0 Å². The van der Waals surface area contributed by atoms with Crippen molar-refractivity contribution in [3.63, 3.8) is 0 Å². The molecule has 1 heterocycles.